The quantitative estimate of drug-likeness (QED) is 0.906. The van der Waals surface area contributed by atoms with E-state index in [4.69, 9.17) is 5.73 Å². The molecule has 2 unspecified atom stereocenters. The molecule has 2 atom stereocenters. The van der Waals surface area contributed by atoms with Crippen LogP contribution in [0.3, 0.4) is 0 Å². The van der Waals surface area contributed by atoms with Crippen LogP contribution in [-0.4, -0.2) is 30.3 Å². The van der Waals surface area contributed by atoms with Gasteiger partial charge in [-0.3, -0.25) is 0 Å². The molecule has 2 N–H and O–H groups in total. The second kappa shape index (κ2) is 4.71. The lowest BCUT2D eigenvalue weighted by Gasteiger charge is -2.36. The first-order chi connectivity index (χ1) is 9.00. The third kappa shape index (κ3) is 2.17. The largest absolute Gasteiger partial charge is 0.375 e. The molecule has 5 nitrogen and oxygen atoms in total. The molecule has 7 heteroatoms. The van der Waals surface area contributed by atoms with E-state index >= 15 is 0 Å². The van der Waals surface area contributed by atoms with E-state index in [0.29, 0.717) is 27.5 Å². The van der Waals surface area contributed by atoms with Gasteiger partial charge in [-0.15, -0.1) is 0 Å². The Balaban J connectivity index is 1.97. The van der Waals surface area contributed by atoms with Crippen molar-refractivity contribution in [1.29, 1.82) is 0 Å². The van der Waals surface area contributed by atoms with Gasteiger partial charge in [-0.05, 0) is 38.5 Å². The summed E-state index contributed by atoms with van der Waals surface area (Å²) < 4.78 is 27.7. The molecule has 1 aliphatic carbocycles. The van der Waals surface area contributed by atoms with Crippen LogP contribution < -0.4 is 5.73 Å². The van der Waals surface area contributed by atoms with Gasteiger partial charge >= 0.3 is 0 Å². The highest BCUT2D eigenvalue weighted by Crippen LogP contribution is 2.40. The Morgan fingerprint density at radius 2 is 2.05 bits per heavy atom. The molecule has 1 aromatic heterocycles. The van der Waals surface area contributed by atoms with Gasteiger partial charge in [0.05, 0.1) is 5.69 Å². The van der Waals surface area contributed by atoms with E-state index in [2.05, 4.69) is 4.98 Å². The van der Waals surface area contributed by atoms with Gasteiger partial charge in [0.1, 0.15) is 0 Å². The van der Waals surface area contributed by atoms with E-state index in [1.165, 1.54) is 12.8 Å². The number of anilines is 1. The van der Waals surface area contributed by atoms with Gasteiger partial charge in [-0.2, -0.15) is 4.31 Å². The first-order valence-electron chi connectivity index (χ1n) is 6.75. The number of nitrogen functional groups attached to an aromatic ring is 1. The van der Waals surface area contributed by atoms with E-state index in [0.717, 1.165) is 30.6 Å². The van der Waals surface area contributed by atoms with E-state index in [-0.39, 0.29) is 6.04 Å². The summed E-state index contributed by atoms with van der Waals surface area (Å²) in [6.45, 7) is 2.36. The molecule has 0 radical (unpaired) electrons. The molecule has 0 bridgehead atoms. The monoisotopic (exact) mass is 301 g/mol. The van der Waals surface area contributed by atoms with Crippen molar-refractivity contribution < 1.29 is 8.42 Å². The van der Waals surface area contributed by atoms with E-state index in [9.17, 15) is 8.42 Å². The van der Waals surface area contributed by atoms with Gasteiger partial charge in [-0.25, -0.2) is 13.4 Å². The molecule has 1 saturated carbocycles. The van der Waals surface area contributed by atoms with Crippen molar-refractivity contribution in [3.63, 3.8) is 0 Å². The number of nitrogens with zero attached hydrogens (tertiary/aromatic N) is 2. The Kier molecular flexibility index (Phi) is 3.31. The topological polar surface area (TPSA) is 76.3 Å². The number of nitrogens with two attached hydrogens (primary N) is 1. The molecule has 3 rings (SSSR count). The zero-order valence-electron chi connectivity index (χ0n) is 11.0. The lowest BCUT2D eigenvalue weighted by Crippen LogP contribution is -2.45. The average Bonchev–Trinajstić information content (AvgIpc) is 2.94. The molecule has 0 aromatic carbocycles. The van der Waals surface area contributed by atoms with Gasteiger partial charge in [0, 0.05) is 12.6 Å². The number of aryl methyl sites for hydroxylation is 1. The molecule has 1 saturated heterocycles. The van der Waals surface area contributed by atoms with Gasteiger partial charge in [0.25, 0.3) is 10.0 Å². The highest BCUT2D eigenvalue weighted by molar-refractivity contribution is 7.91. The Morgan fingerprint density at radius 1 is 1.32 bits per heavy atom. The molecule has 0 amide bonds. The molecule has 1 aromatic rings. The Hall–Kier alpha value is -0.660. The van der Waals surface area contributed by atoms with E-state index in [1.54, 1.807) is 11.2 Å². The number of sulfonamides is 1. The standard InChI is InChI=1S/C12H19N3O2S2/c1-8-11(18-12(13)14-8)19(16,17)15-7-3-5-9-4-2-6-10(9)15/h9-10H,2-7H2,1H3,(H2,13,14). The van der Waals surface area contributed by atoms with Gasteiger partial charge in [0.2, 0.25) is 0 Å². The van der Waals surface area contributed by atoms with Crippen LogP contribution in [0.25, 0.3) is 0 Å². The third-order valence-electron chi connectivity index (χ3n) is 4.26. The highest BCUT2D eigenvalue weighted by Gasteiger charge is 2.42. The lowest BCUT2D eigenvalue weighted by atomic mass is 9.94. The number of fused-ring (bicyclic) bond motifs is 1. The van der Waals surface area contributed by atoms with Crippen LogP contribution in [0, 0.1) is 12.8 Å². The van der Waals surface area contributed by atoms with Gasteiger partial charge in [-0.1, -0.05) is 17.8 Å². The minimum Gasteiger partial charge on any atom is -0.375 e. The Labute approximate surface area is 117 Å². The summed E-state index contributed by atoms with van der Waals surface area (Å²) >= 11 is 1.09. The molecule has 2 heterocycles. The predicted octanol–water partition coefficient (Wildman–Crippen LogP) is 1.99. The Morgan fingerprint density at radius 3 is 2.74 bits per heavy atom. The fraction of sp³-hybridized carbons (Fsp3) is 0.750. The van der Waals surface area contributed by atoms with Crippen LogP contribution in [0.5, 0.6) is 0 Å². The fourth-order valence-electron chi connectivity index (χ4n) is 3.46. The van der Waals surface area contributed by atoms with Crippen LogP contribution in [0.1, 0.15) is 37.8 Å². The van der Waals surface area contributed by atoms with Crippen molar-refractivity contribution in [2.24, 2.45) is 5.92 Å². The van der Waals surface area contributed by atoms with E-state index < -0.39 is 10.0 Å². The molecule has 1 aliphatic heterocycles. The average molecular weight is 301 g/mol. The maximum absolute atomic E-state index is 12.8. The zero-order chi connectivity index (χ0) is 13.6. The second-order valence-corrected chi connectivity index (χ2v) is 8.56. The molecule has 0 spiro atoms. The summed E-state index contributed by atoms with van der Waals surface area (Å²) in [4.78, 5) is 4.05. The zero-order valence-corrected chi connectivity index (χ0v) is 12.6. The maximum Gasteiger partial charge on any atom is 0.254 e. The molecule has 19 heavy (non-hydrogen) atoms. The summed E-state index contributed by atoms with van der Waals surface area (Å²) in [5, 5.41) is 0.330. The van der Waals surface area contributed by atoms with Crippen molar-refractivity contribution >= 4 is 26.5 Å². The number of hydrogen-bond acceptors (Lipinski definition) is 5. The summed E-state index contributed by atoms with van der Waals surface area (Å²) in [6, 6.07) is 0.196. The van der Waals surface area contributed by atoms with Crippen LogP contribution in [-0.2, 0) is 10.0 Å². The van der Waals surface area contributed by atoms with Crippen molar-refractivity contribution in [3.05, 3.63) is 5.69 Å². The molecular formula is C12H19N3O2S2. The first-order valence-corrected chi connectivity index (χ1v) is 9.00. The second-order valence-electron chi connectivity index (χ2n) is 5.44. The Bertz CT molecular complexity index is 582. The van der Waals surface area contributed by atoms with Crippen LogP contribution >= 0.6 is 11.3 Å². The van der Waals surface area contributed by atoms with Crippen molar-refractivity contribution in [2.75, 3.05) is 12.3 Å². The smallest absolute Gasteiger partial charge is 0.254 e. The minimum atomic E-state index is -3.42. The van der Waals surface area contributed by atoms with Crippen LogP contribution in [0.15, 0.2) is 4.21 Å². The van der Waals surface area contributed by atoms with Gasteiger partial charge in [0.15, 0.2) is 9.34 Å². The molecule has 106 valence electrons. The SMILES string of the molecule is Cc1nc(N)sc1S(=O)(=O)N1CCCC2CCCC21. The maximum atomic E-state index is 12.8. The van der Waals surface area contributed by atoms with Crippen molar-refractivity contribution in [2.45, 2.75) is 49.3 Å². The lowest BCUT2D eigenvalue weighted by molar-refractivity contribution is 0.202. The summed E-state index contributed by atoms with van der Waals surface area (Å²) in [5.41, 5.74) is 6.17. The summed E-state index contributed by atoms with van der Waals surface area (Å²) in [7, 11) is -3.42. The minimum absolute atomic E-state index is 0.196. The van der Waals surface area contributed by atoms with E-state index in [1.807, 2.05) is 0 Å². The molecule has 2 fully saturated rings. The number of hydrogen-bond donors (Lipinski definition) is 1. The normalized spacial score (nSPS) is 28.5. The number of thiazole rings is 1. The summed E-state index contributed by atoms with van der Waals surface area (Å²) in [6.07, 6.45) is 5.44. The van der Waals surface area contributed by atoms with Gasteiger partial charge < -0.3 is 5.73 Å². The fourth-order valence-corrected chi connectivity index (χ4v) is 6.62. The molecular weight excluding hydrogens is 282 g/mol. The summed E-state index contributed by atoms with van der Waals surface area (Å²) in [5.74, 6) is 0.550. The molecule has 2 aliphatic rings. The third-order valence-corrected chi connectivity index (χ3v) is 7.75. The number of aromatic nitrogens is 1. The van der Waals surface area contributed by atoms with Crippen molar-refractivity contribution in [3.8, 4) is 0 Å². The predicted molar refractivity (Wildman–Crippen MR) is 75.5 cm³/mol. The first kappa shape index (κ1) is 13.3. The number of piperidine rings is 1. The van der Waals surface area contributed by atoms with Crippen molar-refractivity contribution in [1.82, 2.24) is 9.29 Å². The number of rotatable bonds is 2. The van der Waals surface area contributed by atoms with Crippen LogP contribution in [0.4, 0.5) is 5.13 Å². The van der Waals surface area contributed by atoms with Crippen LogP contribution in [0.2, 0.25) is 0 Å². The highest BCUT2D eigenvalue weighted by atomic mass is 32.2.